The van der Waals surface area contributed by atoms with E-state index in [2.05, 4.69) is 90.6 Å². The van der Waals surface area contributed by atoms with Gasteiger partial charge >= 0.3 is 0 Å². The van der Waals surface area contributed by atoms with Crippen LogP contribution in [0.5, 0.6) is 0 Å². The van der Waals surface area contributed by atoms with E-state index in [0.717, 1.165) is 24.1 Å². The van der Waals surface area contributed by atoms with Crippen LogP contribution < -0.4 is 15.2 Å². The molecule has 29 heavy (non-hydrogen) atoms. The minimum absolute atomic E-state index is 0.771. The van der Waals surface area contributed by atoms with Crippen LogP contribution in [0.25, 0.3) is 0 Å². The Labute approximate surface area is 193 Å². The SMILES string of the molecule is CBr.CN(C/C=N/N(C)c1ccccc1)c1ccccc1[NH2+]CCCCCCBr. The van der Waals surface area contributed by atoms with Crippen LogP contribution in [0.2, 0.25) is 0 Å². The highest BCUT2D eigenvalue weighted by Gasteiger charge is 2.09. The number of rotatable bonds is 12. The number of alkyl halides is 2. The summed E-state index contributed by atoms with van der Waals surface area (Å²) in [5.74, 6) is 1.81. The molecule has 2 rings (SSSR count). The van der Waals surface area contributed by atoms with Crippen LogP contribution in [0.1, 0.15) is 25.7 Å². The van der Waals surface area contributed by atoms with E-state index in [9.17, 15) is 0 Å². The number of anilines is 2. The van der Waals surface area contributed by atoms with E-state index in [1.54, 1.807) is 0 Å². The van der Waals surface area contributed by atoms with Gasteiger partial charge in [-0.2, -0.15) is 5.10 Å². The largest absolute Gasteiger partial charge is 0.364 e. The molecular weight excluding hydrogens is 492 g/mol. The maximum absolute atomic E-state index is 4.55. The van der Waals surface area contributed by atoms with Crippen LogP contribution >= 0.6 is 31.9 Å². The molecule has 4 nitrogen and oxygen atoms in total. The monoisotopic (exact) mass is 525 g/mol. The van der Waals surface area contributed by atoms with Gasteiger partial charge in [0.05, 0.1) is 24.5 Å². The lowest BCUT2D eigenvalue weighted by Crippen LogP contribution is -2.78. The molecule has 0 aliphatic carbocycles. The molecule has 0 aromatic heterocycles. The second-order valence-electron chi connectivity index (χ2n) is 6.69. The summed E-state index contributed by atoms with van der Waals surface area (Å²) < 4.78 is 0. The molecule has 0 saturated carbocycles. The Morgan fingerprint density at radius 1 is 0.897 bits per heavy atom. The Bertz CT molecular complexity index is 680. The molecule has 2 aromatic carbocycles. The summed E-state index contributed by atoms with van der Waals surface area (Å²) >= 11 is 6.43. The first kappa shape index (κ1) is 25.7. The van der Waals surface area contributed by atoms with Crippen molar-refractivity contribution < 1.29 is 5.32 Å². The van der Waals surface area contributed by atoms with E-state index in [1.807, 2.05) is 42.3 Å². The fourth-order valence-corrected chi connectivity index (χ4v) is 3.34. The van der Waals surface area contributed by atoms with Gasteiger partial charge in [0.2, 0.25) is 0 Å². The van der Waals surface area contributed by atoms with Crippen molar-refractivity contribution in [1.29, 1.82) is 0 Å². The van der Waals surface area contributed by atoms with Crippen molar-refractivity contribution in [2.45, 2.75) is 25.7 Å². The van der Waals surface area contributed by atoms with Gasteiger partial charge in [-0.3, -0.25) is 5.01 Å². The molecule has 0 aliphatic heterocycles. The number of hydrogen-bond donors (Lipinski definition) is 1. The average Bonchev–Trinajstić information content (AvgIpc) is 2.78. The fourth-order valence-electron chi connectivity index (χ4n) is 2.95. The Hall–Kier alpha value is -1.37. The highest BCUT2D eigenvalue weighted by Crippen LogP contribution is 2.19. The second-order valence-corrected chi connectivity index (χ2v) is 7.49. The Morgan fingerprint density at radius 2 is 1.55 bits per heavy atom. The van der Waals surface area contributed by atoms with Crippen LogP contribution in [0, 0.1) is 0 Å². The molecule has 0 amide bonds. The lowest BCUT2D eigenvalue weighted by Gasteiger charge is -2.19. The van der Waals surface area contributed by atoms with Crippen molar-refractivity contribution in [1.82, 2.24) is 0 Å². The maximum atomic E-state index is 4.55. The normalized spacial score (nSPS) is 10.5. The number of quaternary nitrogens is 1. The zero-order valence-electron chi connectivity index (χ0n) is 17.9. The summed E-state index contributed by atoms with van der Waals surface area (Å²) in [4.78, 5) is 2.25. The highest BCUT2D eigenvalue weighted by atomic mass is 79.9. The Kier molecular flexibility index (Phi) is 14.5. The van der Waals surface area contributed by atoms with Gasteiger partial charge in [0, 0.05) is 31.7 Å². The quantitative estimate of drug-likeness (QED) is 0.132. The summed E-state index contributed by atoms with van der Waals surface area (Å²) in [5, 5.41) is 9.93. The van der Waals surface area contributed by atoms with Crippen LogP contribution in [-0.4, -0.2) is 44.6 Å². The van der Waals surface area contributed by atoms with Crippen LogP contribution in [0.15, 0.2) is 59.7 Å². The van der Waals surface area contributed by atoms with E-state index >= 15 is 0 Å². The predicted octanol–water partition coefficient (Wildman–Crippen LogP) is 5.41. The number of hydrazone groups is 1. The number of unbranched alkanes of at least 4 members (excludes halogenated alkanes) is 3. The highest BCUT2D eigenvalue weighted by molar-refractivity contribution is 9.09. The minimum Gasteiger partial charge on any atom is -0.364 e. The van der Waals surface area contributed by atoms with Crippen molar-refractivity contribution in [3.8, 4) is 0 Å². The molecule has 0 fully saturated rings. The standard InChI is InChI=1S/C22H31BrN4.CH3Br/c1-26(19-18-25-27(2)20-12-6-5-7-13-20)22-15-9-8-14-21(22)24-17-11-4-3-10-16-23;1-2/h5-9,12-15,18,24H,3-4,10-11,16-17,19H2,1-2H3;1H3/p+1/b25-18+;. The van der Waals surface area contributed by atoms with Crippen LogP contribution in [0.4, 0.5) is 17.1 Å². The van der Waals surface area contributed by atoms with E-state index in [1.165, 1.54) is 37.1 Å². The Morgan fingerprint density at radius 3 is 2.28 bits per heavy atom. The summed E-state index contributed by atoms with van der Waals surface area (Å²) in [6, 6.07) is 18.8. The van der Waals surface area contributed by atoms with E-state index in [-0.39, 0.29) is 0 Å². The lowest BCUT2D eigenvalue weighted by molar-refractivity contribution is -0.571. The van der Waals surface area contributed by atoms with Crippen LogP contribution in [-0.2, 0) is 0 Å². The van der Waals surface area contributed by atoms with Gasteiger partial charge in [-0.05, 0) is 43.3 Å². The van der Waals surface area contributed by atoms with E-state index in [0.29, 0.717) is 0 Å². The van der Waals surface area contributed by atoms with Crippen molar-refractivity contribution in [2.24, 2.45) is 5.10 Å². The fraction of sp³-hybridized carbons (Fsp3) is 0.435. The summed E-state index contributed by atoms with van der Waals surface area (Å²) in [5.41, 5.74) is 3.65. The molecule has 0 radical (unpaired) electrons. The van der Waals surface area contributed by atoms with E-state index < -0.39 is 0 Å². The molecular formula is C23H35Br2N4+. The molecule has 2 N–H and O–H groups in total. The topological polar surface area (TPSA) is 35.5 Å². The molecule has 2 aromatic rings. The van der Waals surface area contributed by atoms with Crippen molar-refractivity contribution in [2.75, 3.05) is 48.3 Å². The van der Waals surface area contributed by atoms with Gasteiger partial charge in [0.15, 0.2) is 5.69 Å². The molecule has 0 unspecified atom stereocenters. The number of nitrogens with zero attached hydrogens (tertiary/aromatic N) is 3. The summed E-state index contributed by atoms with van der Waals surface area (Å²) in [6.45, 7) is 1.91. The number of hydrogen-bond acceptors (Lipinski definition) is 3. The zero-order chi connectivity index (χ0) is 21.3. The maximum Gasteiger partial charge on any atom is 0.153 e. The molecule has 0 spiro atoms. The minimum atomic E-state index is 0.771. The molecule has 0 atom stereocenters. The first-order valence-electron chi connectivity index (χ1n) is 10.1. The van der Waals surface area contributed by atoms with Gasteiger partial charge in [0.25, 0.3) is 0 Å². The second kappa shape index (κ2) is 16.4. The summed E-state index contributed by atoms with van der Waals surface area (Å²) in [7, 11) is 4.10. The third-order valence-electron chi connectivity index (χ3n) is 4.54. The van der Waals surface area contributed by atoms with Crippen molar-refractivity contribution in [3.63, 3.8) is 0 Å². The average molecular weight is 527 g/mol. The van der Waals surface area contributed by atoms with Gasteiger partial charge < -0.3 is 10.2 Å². The molecule has 0 saturated heterocycles. The van der Waals surface area contributed by atoms with Gasteiger partial charge in [-0.15, -0.1) is 0 Å². The third-order valence-corrected chi connectivity index (χ3v) is 5.10. The first-order chi connectivity index (χ1) is 14.2. The van der Waals surface area contributed by atoms with E-state index in [4.69, 9.17) is 0 Å². The zero-order valence-corrected chi connectivity index (χ0v) is 21.1. The smallest absolute Gasteiger partial charge is 0.153 e. The predicted molar refractivity (Wildman–Crippen MR) is 137 cm³/mol. The first-order valence-corrected chi connectivity index (χ1v) is 12.8. The van der Waals surface area contributed by atoms with Gasteiger partial charge in [0.1, 0.15) is 0 Å². The van der Waals surface area contributed by atoms with Crippen LogP contribution in [0.3, 0.4) is 0 Å². The number of para-hydroxylation sites is 3. The third kappa shape index (κ3) is 10.3. The molecule has 0 aliphatic rings. The Balaban J connectivity index is 0.00000204. The van der Waals surface area contributed by atoms with Crippen molar-refractivity contribution in [3.05, 3.63) is 54.6 Å². The lowest BCUT2D eigenvalue weighted by atomic mass is 10.2. The molecule has 160 valence electrons. The van der Waals surface area contributed by atoms with Gasteiger partial charge in [-0.1, -0.05) is 68.6 Å². The molecule has 6 heteroatoms. The van der Waals surface area contributed by atoms with Gasteiger partial charge in [-0.25, -0.2) is 0 Å². The van der Waals surface area contributed by atoms with Crippen molar-refractivity contribution >= 4 is 55.1 Å². The molecule has 0 heterocycles. The summed E-state index contributed by atoms with van der Waals surface area (Å²) in [6.07, 6.45) is 7.11. The number of halogens is 2. The number of nitrogens with two attached hydrogens (primary N) is 1. The number of benzene rings is 2. The molecule has 0 bridgehead atoms.